The summed E-state index contributed by atoms with van der Waals surface area (Å²) in [7, 11) is 0. The highest BCUT2D eigenvalue weighted by atomic mass is 16.1. The fraction of sp³-hybridized carbons (Fsp3) is 0.147. The first-order valence-electron chi connectivity index (χ1n) is 12.2. The van der Waals surface area contributed by atoms with Crippen LogP contribution in [0.5, 0.6) is 0 Å². The summed E-state index contributed by atoms with van der Waals surface area (Å²) in [4.78, 5) is 12.5. The van der Waals surface area contributed by atoms with E-state index in [4.69, 9.17) is 0 Å². The minimum absolute atomic E-state index is 0.137. The average Bonchev–Trinajstić information content (AvgIpc) is 3.37. The second-order valence-corrected chi connectivity index (χ2v) is 9.08. The molecule has 0 spiro atoms. The molecule has 0 amide bonds. The van der Waals surface area contributed by atoms with Crippen LogP contribution in [0.15, 0.2) is 127 Å². The van der Waals surface area contributed by atoms with E-state index in [1.54, 1.807) is 0 Å². The highest BCUT2D eigenvalue weighted by Crippen LogP contribution is 2.45. The lowest BCUT2D eigenvalue weighted by molar-refractivity contribution is -0.117. The molecule has 1 fully saturated rings. The number of benzene rings is 4. The third kappa shape index (κ3) is 4.75. The molecule has 170 valence electrons. The Labute approximate surface area is 208 Å². The highest BCUT2D eigenvalue weighted by molar-refractivity contribution is 5.82. The minimum Gasteiger partial charge on any atom is -0.300 e. The van der Waals surface area contributed by atoms with E-state index in [-0.39, 0.29) is 5.92 Å². The van der Waals surface area contributed by atoms with Crippen molar-refractivity contribution < 1.29 is 4.79 Å². The van der Waals surface area contributed by atoms with Gasteiger partial charge < -0.3 is 0 Å². The molecule has 1 saturated carbocycles. The van der Waals surface area contributed by atoms with Gasteiger partial charge in [-0.1, -0.05) is 133 Å². The Kier molecular flexibility index (Phi) is 6.73. The van der Waals surface area contributed by atoms with Gasteiger partial charge in [-0.15, -0.1) is 0 Å². The van der Waals surface area contributed by atoms with Crippen LogP contribution in [0.25, 0.3) is 5.57 Å². The third-order valence-corrected chi connectivity index (χ3v) is 6.97. The van der Waals surface area contributed by atoms with E-state index in [1.165, 1.54) is 0 Å². The lowest BCUT2D eigenvalue weighted by Gasteiger charge is -2.35. The molecule has 4 aromatic rings. The Morgan fingerprint density at radius 1 is 0.686 bits per heavy atom. The van der Waals surface area contributed by atoms with E-state index in [1.807, 2.05) is 30.3 Å². The van der Waals surface area contributed by atoms with Gasteiger partial charge in [0.2, 0.25) is 0 Å². The van der Waals surface area contributed by atoms with Gasteiger partial charge in [-0.3, -0.25) is 4.79 Å². The van der Waals surface area contributed by atoms with Crippen molar-refractivity contribution in [3.8, 4) is 11.8 Å². The van der Waals surface area contributed by atoms with Crippen molar-refractivity contribution in [2.24, 2.45) is 5.92 Å². The molecule has 0 heterocycles. The monoisotopic (exact) mass is 452 g/mol. The molecule has 0 aromatic heterocycles. The van der Waals surface area contributed by atoms with Gasteiger partial charge in [0, 0.05) is 12.8 Å². The zero-order chi connectivity index (χ0) is 23.9. The number of ketones is 1. The van der Waals surface area contributed by atoms with Crippen molar-refractivity contribution in [2.45, 2.75) is 24.7 Å². The van der Waals surface area contributed by atoms with Gasteiger partial charge in [0.1, 0.15) is 5.78 Å². The van der Waals surface area contributed by atoms with E-state index < -0.39 is 5.41 Å². The highest BCUT2D eigenvalue weighted by Gasteiger charge is 2.44. The Hall–Kier alpha value is -4.15. The number of Topliss-reactive ketones (excluding diaryl/α,β-unsaturated/α-hetero) is 1. The molecule has 4 aromatic carbocycles. The van der Waals surface area contributed by atoms with Gasteiger partial charge >= 0.3 is 0 Å². The number of carbonyl (C=O) groups is 1. The predicted octanol–water partition coefficient (Wildman–Crippen LogP) is 7.48. The van der Waals surface area contributed by atoms with Gasteiger partial charge in [-0.05, 0) is 46.2 Å². The van der Waals surface area contributed by atoms with Crippen LogP contribution in [-0.4, -0.2) is 5.78 Å². The van der Waals surface area contributed by atoms with Gasteiger partial charge in [-0.2, -0.15) is 0 Å². The molecule has 0 N–H and O–H groups in total. The summed E-state index contributed by atoms with van der Waals surface area (Å²) in [6, 6.07) is 41.8. The Morgan fingerprint density at radius 3 is 1.57 bits per heavy atom. The molecule has 35 heavy (non-hydrogen) atoms. The minimum atomic E-state index is -0.552. The van der Waals surface area contributed by atoms with Crippen LogP contribution in [0.4, 0.5) is 0 Å². The van der Waals surface area contributed by atoms with Gasteiger partial charge in [0.15, 0.2) is 0 Å². The molecule has 0 bridgehead atoms. The molecule has 0 unspecified atom stereocenters. The SMILES string of the molecule is O=C1CC[C@@H](C(C#CC=C(c2ccccc2)c2ccccc2)(c2ccccc2)c2ccccc2)C1. The van der Waals surface area contributed by atoms with Crippen LogP contribution in [0.1, 0.15) is 41.5 Å². The molecule has 1 heteroatoms. The van der Waals surface area contributed by atoms with Crippen LogP contribution >= 0.6 is 0 Å². The van der Waals surface area contributed by atoms with E-state index in [0.29, 0.717) is 18.6 Å². The molecule has 0 saturated heterocycles. The van der Waals surface area contributed by atoms with Crippen LogP contribution in [0, 0.1) is 17.8 Å². The summed E-state index contributed by atoms with van der Waals surface area (Å²) < 4.78 is 0. The van der Waals surface area contributed by atoms with Crippen molar-refractivity contribution in [3.63, 3.8) is 0 Å². The van der Waals surface area contributed by atoms with Crippen molar-refractivity contribution >= 4 is 11.4 Å². The first kappa shape index (κ1) is 22.6. The molecular formula is C34H28O. The smallest absolute Gasteiger partial charge is 0.133 e. The maximum absolute atomic E-state index is 12.5. The summed E-state index contributed by atoms with van der Waals surface area (Å²) >= 11 is 0. The molecular weight excluding hydrogens is 424 g/mol. The van der Waals surface area contributed by atoms with Crippen LogP contribution in [0.3, 0.4) is 0 Å². The van der Waals surface area contributed by atoms with Crippen LogP contribution in [0.2, 0.25) is 0 Å². The second kappa shape index (κ2) is 10.4. The number of carbonyl (C=O) groups excluding carboxylic acids is 1. The molecule has 1 atom stereocenters. The first-order chi connectivity index (χ1) is 17.3. The lowest BCUT2D eigenvalue weighted by atomic mass is 9.65. The zero-order valence-electron chi connectivity index (χ0n) is 19.7. The van der Waals surface area contributed by atoms with Crippen molar-refractivity contribution in [1.82, 2.24) is 0 Å². The second-order valence-electron chi connectivity index (χ2n) is 9.08. The van der Waals surface area contributed by atoms with Crippen LogP contribution < -0.4 is 0 Å². The molecule has 0 aliphatic heterocycles. The van der Waals surface area contributed by atoms with Crippen molar-refractivity contribution in [1.29, 1.82) is 0 Å². The first-order valence-corrected chi connectivity index (χ1v) is 12.2. The maximum Gasteiger partial charge on any atom is 0.133 e. The van der Waals surface area contributed by atoms with E-state index in [9.17, 15) is 4.79 Å². The normalized spacial score (nSPS) is 15.2. The van der Waals surface area contributed by atoms with E-state index in [0.717, 1.165) is 34.2 Å². The molecule has 5 rings (SSSR count). The fourth-order valence-corrected chi connectivity index (χ4v) is 5.26. The maximum atomic E-state index is 12.5. The average molecular weight is 453 g/mol. The fourth-order valence-electron chi connectivity index (χ4n) is 5.26. The third-order valence-electron chi connectivity index (χ3n) is 6.97. The predicted molar refractivity (Wildman–Crippen MR) is 144 cm³/mol. The number of hydrogen-bond acceptors (Lipinski definition) is 1. The summed E-state index contributed by atoms with van der Waals surface area (Å²) in [6.07, 6.45) is 4.09. The Bertz CT molecular complexity index is 1280. The number of hydrogen-bond donors (Lipinski definition) is 0. The standard InChI is InChI=1S/C34H28O/c35-32-24-23-31(26-32)34(29-18-9-3-10-19-29,30-20-11-4-12-21-30)25-13-22-33(27-14-5-1-6-15-27)28-16-7-2-8-17-28/h1-12,14-22,31H,23-24,26H2/t31-/m1/s1. The van der Waals surface area contributed by atoms with Crippen LogP contribution in [-0.2, 0) is 10.2 Å². The summed E-state index contributed by atoms with van der Waals surface area (Å²) in [5.74, 6) is 7.68. The summed E-state index contributed by atoms with van der Waals surface area (Å²) in [5.41, 5.74) is 5.10. The van der Waals surface area contributed by atoms with Gasteiger partial charge in [0.25, 0.3) is 0 Å². The van der Waals surface area contributed by atoms with E-state index >= 15 is 0 Å². The van der Waals surface area contributed by atoms with E-state index in [2.05, 4.69) is 109 Å². The summed E-state index contributed by atoms with van der Waals surface area (Å²) in [5, 5.41) is 0. The molecule has 1 aliphatic rings. The van der Waals surface area contributed by atoms with Gasteiger partial charge in [0.05, 0.1) is 5.41 Å². The largest absolute Gasteiger partial charge is 0.300 e. The topological polar surface area (TPSA) is 17.1 Å². The quantitative estimate of drug-likeness (QED) is 0.287. The number of rotatable bonds is 5. The molecule has 1 nitrogen and oxygen atoms in total. The molecule has 1 aliphatic carbocycles. The lowest BCUT2D eigenvalue weighted by Crippen LogP contribution is -2.34. The Balaban J connectivity index is 1.71. The number of allylic oxidation sites excluding steroid dienone is 1. The van der Waals surface area contributed by atoms with Gasteiger partial charge in [-0.25, -0.2) is 0 Å². The zero-order valence-corrected chi connectivity index (χ0v) is 19.7. The van der Waals surface area contributed by atoms with Crippen molar-refractivity contribution in [2.75, 3.05) is 0 Å². The Morgan fingerprint density at radius 2 is 1.14 bits per heavy atom. The summed E-state index contributed by atoms with van der Waals surface area (Å²) in [6.45, 7) is 0. The molecule has 0 radical (unpaired) electrons. The van der Waals surface area contributed by atoms with Crippen molar-refractivity contribution in [3.05, 3.63) is 150 Å².